The highest BCUT2D eigenvalue weighted by Gasteiger charge is 2.23. The highest BCUT2D eigenvalue weighted by molar-refractivity contribution is 6.04. The predicted octanol–water partition coefficient (Wildman–Crippen LogP) is 3.66. The Bertz CT molecular complexity index is 1270. The van der Waals surface area contributed by atoms with Gasteiger partial charge in [-0.1, -0.05) is 19.1 Å². The molecule has 0 radical (unpaired) electrons. The molecule has 2 aliphatic heterocycles. The minimum Gasteiger partial charge on any atom is -0.391 e. The molecule has 0 bridgehead atoms. The maximum atomic E-state index is 12.7. The fraction of sp³-hybridized carbons (Fsp3) is 0.467. The number of nitrogens with zero attached hydrogens (tertiary/aromatic N) is 6. The molecule has 1 N–H and O–H groups in total. The van der Waals surface area contributed by atoms with Crippen molar-refractivity contribution in [1.29, 1.82) is 0 Å². The maximum absolute atomic E-state index is 12.7. The lowest BCUT2D eigenvalue weighted by atomic mass is 9.99. The minimum absolute atomic E-state index is 0.203. The number of nitrogens with one attached hydrogen (secondary N) is 1. The van der Waals surface area contributed by atoms with Crippen molar-refractivity contribution in [3.8, 4) is 5.88 Å². The number of piperazine rings is 1. The van der Waals surface area contributed by atoms with E-state index in [1.165, 1.54) is 24.6 Å². The van der Waals surface area contributed by atoms with Crippen LogP contribution in [0.2, 0.25) is 0 Å². The van der Waals surface area contributed by atoms with E-state index in [9.17, 15) is 9.59 Å². The monoisotopic (exact) mass is 545 g/mol. The van der Waals surface area contributed by atoms with E-state index in [-0.39, 0.29) is 11.8 Å². The molecule has 10 nitrogen and oxygen atoms in total. The number of amides is 2. The zero-order valence-corrected chi connectivity index (χ0v) is 23.5. The average molecular weight is 546 g/mol. The van der Waals surface area contributed by atoms with Crippen LogP contribution < -0.4 is 10.1 Å². The summed E-state index contributed by atoms with van der Waals surface area (Å²) in [5.74, 6) is 0.745. The summed E-state index contributed by atoms with van der Waals surface area (Å²) in [6, 6.07) is 11.1. The number of likely N-dealkylation sites (tertiary alicyclic amines) is 1. The van der Waals surface area contributed by atoms with E-state index in [0.29, 0.717) is 24.3 Å². The number of aryl methyl sites for hydroxylation is 1. The van der Waals surface area contributed by atoms with E-state index < -0.39 is 6.09 Å². The first kappa shape index (κ1) is 27.8. The summed E-state index contributed by atoms with van der Waals surface area (Å²) in [5.41, 5.74) is 3.42. The fourth-order valence-corrected chi connectivity index (χ4v) is 5.34. The fourth-order valence-electron chi connectivity index (χ4n) is 5.34. The third-order valence-corrected chi connectivity index (χ3v) is 7.62. The maximum Gasteiger partial charge on any atom is 0.416 e. The molecule has 2 aliphatic rings. The summed E-state index contributed by atoms with van der Waals surface area (Å²) in [5, 5.41) is 2.86. The van der Waals surface area contributed by atoms with Crippen LogP contribution in [-0.4, -0.2) is 87.0 Å². The van der Waals surface area contributed by atoms with Crippen LogP contribution in [0.3, 0.4) is 0 Å². The van der Waals surface area contributed by atoms with Crippen LogP contribution in [0.25, 0.3) is 0 Å². The molecule has 4 heterocycles. The number of hydrogen-bond acceptors (Lipinski definition) is 7. The number of hydrogen-bond donors (Lipinski definition) is 1. The molecule has 1 aromatic carbocycles. The van der Waals surface area contributed by atoms with E-state index >= 15 is 0 Å². The van der Waals surface area contributed by atoms with Crippen molar-refractivity contribution in [3.63, 3.8) is 0 Å². The van der Waals surface area contributed by atoms with Gasteiger partial charge < -0.3 is 19.5 Å². The second-order valence-corrected chi connectivity index (χ2v) is 11.0. The Morgan fingerprint density at radius 1 is 1.00 bits per heavy atom. The highest BCUT2D eigenvalue weighted by Crippen LogP contribution is 2.19. The van der Waals surface area contributed by atoms with Gasteiger partial charge in [0.15, 0.2) is 0 Å². The van der Waals surface area contributed by atoms with Gasteiger partial charge in [-0.3, -0.25) is 14.6 Å². The average Bonchev–Trinajstić information content (AvgIpc) is 3.38. The van der Waals surface area contributed by atoms with Gasteiger partial charge in [0, 0.05) is 77.1 Å². The van der Waals surface area contributed by atoms with Gasteiger partial charge in [-0.25, -0.2) is 14.8 Å². The van der Waals surface area contributed by atoms with Gasteiger partial charge in [-0.05, 0) is 49.1 Å². The van der Waals surface area contributed by atoms with Crippen molar-refractivity contribution in [2.75, 3.05) is 51.1 Å². The van der Waals surface area contributed by atoms with Crippen LogP contribution in [-0.2, 0) is 20.0 Å². The number of carbonyl (C=O) groups is 2. The first-order chi connectivity index (χ1) is 19.4. The summed E-state index contributed by atoms with van der Waals surface area (Å²) in [4.78, 5) is 40.5. The van der Waals surface area contributed by atoms with Crippen LogP contribution >= 0.6 is 0 Å². The second kappa shape index (κ2) is 13.1. The molecule has 2 fully saturated rings. The molecule has 10 heteroatoms. The number of benzene rings is 1. The Balaban J connectivity index is 1.04. The number of imidazole rings is 1. The van der Waals surface area contributed by atoms with Crippen molar-refractivity contribution in [1.82, 2.24) is 29.2 Å². The molecule has 2 amide bonds. The molecule has 40 heavy (non-hydrogen) atoms. The van der Waals surface area contributed by atoms with Crippen molar-refractivity contribution in [2.45, 2.75) is 32.7 Å². The zero-order valence-electron chi connectivity index (χ0n) is 23.5. The van der Waals surface area contributed by atoms with E-state index in [1.807, 2.05) is 48.4 Å². The number of aromatic nitrogens is 3. The first-order valence-corrected chi connectivity index (χ1v) is 14.2. The molecule has 0 aliphatic carbocycles. The molecule has 2 saturated heterocycles. The minimum atomic E-state index is -0.409. The summed E-state index contributed by atoms with van der Waals surface area (Å²) in [6.07, 6.45) is 8.38. The Morgan fingerprint density at radius 2 is 1.80 bits per heavy atom. The number of anilines is 1. The highest BCUT2D eigenvalue weighted by atomic mass is 16.6. The van der Waals surface area contributed by atoms with Crippen LogP contribution in [0.15, 0.2) is 55.1 Å². The van der Waals surface area contributed by atoms with Crippen LogP contribution in [0, 0.1) is 5.92 Å². The van der Waals surface area contributed by atoms with Crippen molar-refractivity contribution in [3.05, 3.63) is 71.9 Å². The van der Waals surface area contributed by atoms with E-state index in [2.05, 4.69) is 32.0 Å². The smallest absolute Gasteiger partial charge is 0.391 e. The lowest BCUT2D eigenvalue weighted by Crippen LogP contribution is -2.50. The second-order valence-electron chi connectivity index (χ2n) is 11.0. The number of carbonyl (C=O) groups excluding carboxylic acids is 2. The molecular formula is C30H39N7O3. The number of rotatable bonds is 8. The van der Waals surface area contributed by atoms with Gasteiger partial charge in [0.25, 0.3) is 5.91 Å². The summed E-state index contributed by atoms with van der Waals surface area (Å²) < 4.78 is 7.43. The van der Waals surface area contributed by atoms with Gasteiger partial charge in [-0.15, -0.1) is 0 Å². The number of piperidine rings is 1. The van der Waals surface area contributed by atoms with E-state index in [1.54, 1.807) is 17.0 Å². The van der Waals surface area contributed by atoms with Crippen LogP contribution in [0.5, 0.6) is 5.88 Å². The van der Waals surface area contributed by atoms with Crippen LogP contribution in [0.4, 0.5) is 10.5 Å². The topological polar surface area (TPSA) is 95.8 Å². The molecule has 2 aromatic heterocycles. The largest absolute Gasteiger partial charge is 0.416 e. The standard InChI is InChI=1S/C30H39N7O3/c1-23-4-3-12-36(19-23)20-24-5-7-25(8-6-24)29(38)33-26-9-10-28(31-18-26)40-30(39)37-16-14-35(15-17-37)13-11-27-21-34(2)22-32-27/h5-10,18,21-23H,3-4,11-17,19-20H2,1-2H3,(H,33,38). The molecule has 0 saturated carbocycles. The Hall–Kier alpha value is -3.76. The number of pyridine rings is 1. The Kier molecular flexibility index (Phi) is 9.08. The van der Waals surface area contributed by atoms with Crippen molar-refractivity contribution >= 4 is 17.7 Å². The lowest BCUT2D eigenvalue weighted by molar-refractivity contribution is 0.102. The molecule has 1 atom stereocenters. The van der Waals surface area contributed by atoms with Gasteiger partial charge >= 0.3 is 6.09 Å². The van der Waals surface area contributed by atoms with E-state index in [4.69, 9.17) is 4.74 Å². The number of ether oxygens (including phenoxy) is 1. The van der Waals surface area contributed by atoms with E-state index in [0.717, 1.165) is 57.3 Å². The van der Waals surface area contributed by atoms with Crippen molar-refractivity contribution < 1.29 is 14.3 Å². The predicted molar refractivity (Wildman–Crippen MR) is 153 cm³/mol. The summed E-state index contributed by atoms with van der Waals surface area (Å²) >= 11 is 0. The van der Waals surface area contributed by atoms with Gasteiger partial charge in [0.1, 0.15) is 0 Å². The molecule has 5 rings (SSSR count). The Morgan fingerprint density at radius 3 is 2.48 bits per heavy atom. The third-order valence-electron chi connectivity index (χ3n) is 7.62. The molecule has 212 valence electrons. The van der Waals surface area contributed by atoms with Gasteiger partial charge in [0.05, 0.1) is 23.9 Å². The quantitative estimate of drug-likeness (QED) is 0.462. The SMILES string of the molecule is CC1CCCN(Cc2ccc(C(=O)Nc3ccc(OC(=O)N4CCN(CCc5cn(C)cn5)CC4)nc3)cc2)C1. The molecule has 3 aromatic rings. The first-order valence-electron chi connectivity index (χ1n) is 14.2. The van der Waals surface area contributed by atoms with Crippen LogP contribution in [0.1, 0.15) is 41.4 Å². The molecular weight excluding hydrogens is 506 g/mol. The van der Waals surface area contributed by atoms with Gasteiger partial charge in [-0.2, -0.15) is 0 Å². The summed E-state index contributed by atoms with van der Waals surface area (Å²) in [7, 11) is 1.97. The van der Waals surface area contributed by atoms with Gasteiger partial charge in [0.2, 0.25) is 5.88 Å². The normalized spacial score (nSPS) is 18.4. The zero-order chi connectivity index (χ0) is 27.9. The molecule has 0 spiro atoms. The third kappa shape index (κ3) is 7.67. The molecule has 1 unspecified atom stereocenters. The van der Waals surface area contributed by atoms with Crippen molar-refractivity contribution in [2.24, 2.45) is 13.0 Å². The summed E-state index contributed by atoms with van der Waals surface area (Å²) in [6.45, 7) is 9.18. The lowest BCUT2D eigenvalue weighted by Gasteiger charge is -2.33. The Labute approximate surface area is 235 Å².